The Balaban J connectivity index is 1.39. The van der Waals surface area contributed by atoms with Crippen molar-refractivity contribution in [1.29, 1.82) is 0 Å². The molecule has 216 valence electrons. The smallest absolute Gasteiger partial charge is 0.347 e. The fourth-order valence-electron chi connectivity index (χ4n) is 5.83. The number of likely N-dealkylation sites (tertiary alicyclic amines) is 1. The van der Waals surface area contributed by atoms with Crippen LogP contribution in [0.4, 0.5) is 4.39 Å². The van der Waals surface area contributed by atoms with E-state index in [0.717, 1.165) is 40.9 Å². The molecule has 5 rings (SSSR count). The number of hydrogen-bond acceptors (Lipinski definition) is 6. The first-order valence-corrected chi connectivity index (χ1v) is 13.9. The third-order valence-electron chi connectivity index (χ3n) is 8.32. The van der Waals surface area contributed by atoms with Crippen molar-refractivity contribution in [3.8, 4) is 11.5 Å². The van der Waals surface area contributed by atoms with Crippen LogP contribution in [0, 0.1) is 11.2 Å². The van der Waals surface area contributed by atoms with Crippen LogP contribution in [0.3, 0.4) is 0 Å². The predicted molar refractivity (Wildman–Crippen MR) is 154 cm³/mol. The number of hydrogen-bond donors (Lipinski definition) is 2. The first kappa shape index (κ1) is 28.8. The first-order valence-electron chi connectivity index (χ1n) is 13.9. The van der Waals surface area contributed by atoms with Gasteiger partial charge in [0, 0.05) is 42.4 Å². The Labute approximate surface area is 240 Å². The average Bonchev–Trinajstić information content (AvgIpc) is 3.07. The van der Waals surface area contributed by atoms with Crippen molar-refractivity contribution in [2.45, 2.75) is 58.3 Å². The number of aliphatic hydroxyl groups is 1. The van der Waals surface area contributed by atoms with Gasteiger partial charge in [0.15, 0.2) is 5.60 Å². The molecule has 2 aliphatic rings. The van der Waals surface area contributed by atoms with Crippen molar-refractivity contribution in [1.82, 2.24) is 9.88 Å². The second kappa shape index (κ2) is 10.9. The van der Waals surface area contributed by atoms with E-state index in [9.17, 15) is 19.4 Å². The second-order valence-corrected chi connectivity index (χ2v) is 12.0. The Bertz CT molecular complexity index is 1470. The highest BCUT2D eigenvalue weighted by Crippen LogP contribution is 2.46. The minimum Gasteiger partial charge on any atom is -0.487 e. The third kappa shape index (κ3) is 5.72. The minimum atomic E-state index is -1.39. The van der Waals surface area contributed by atoms with Gasteiger partial charge in [0.25, 0.3) is 0 Å². The maximum atomic E-state index is 13.5. The average molecular weight is 561 g/mol. The Morgan fingerprint density at radius 2 is 1.93 bits per heavy atom. The standard InChI is InChI=1S/C33H37FN2O5/c1-31(2)21-36(18-15-33(31,39)22-9-11-23(34)12-10-22)17-6-8-25-26-7-5-16-35-28(26)20-40-29-14-13-24(19-27(25)29)41-32(3,4)30(37)38/h5,7-14,16,19,39H,6,15,17-18,20-21H2,1-4H3,(H,37,38)/b25-8+/t33-/m0/s1. The van der Waals surface area contributed by atoms with Crippen LogP contribution in [0.1, 0.15) is 62.9 Å². The second-order valence-electron chi connectivity index (χ2n) is 12.0. The molecule has 0 saturated carbocycles. The summed E-state index contributed by atoms with van der Waals surface area (Å²) < 4.78 is 25.5. The van der Waals surface area contributed by atoms with Crippen LogP contribution in [-0.4, -0.2) is 51.3 Å². The number of fused-ring (bicyclic) bond motifs is 2. The van der Waals surface area contributed by atoms with Crippen LogP contribution in [-0.2, 0) is 17.0 Å². The fourth-order valence-corrected chi connectivity index (χ4v) is 5.83. The van der Waals surface area contributed by atoms with Crippen molar-refractivity contribution < 1.29 is 28.9 Å². The molecule has 3 aromatic rings. The van der Waals surface area contributed by atoms with Crippen LogP contribution in [0.15, 0.2) is 66.9 Å². The number of aliphatic carboxylic acids is 1. The number of nitrogens with zero attached hydrogens (tertiary/aromatic N) is 2. The van der Waals surface area contributed by atoms with Gasteiger partial charge in [-0.3, -0.25) is 4.98 Å². The molecule has 0 spiro atoms. The highest BCUT2D eigenvalue weighted by Gasteiger charge is 2.48. The summed E-state index contributed by atoms with van der Waals surface area (Å²) in [5.41, 5.74) is 1.43. The van der Waals surface area contributed by atoms with Crippen molar-refractivity contribution >= 4 is 11.5 Å². The highest BCUT2D eigenvalue weighted by atomic mass is 19.1. The molecule has 41 heavy (non-hydrogen) atoms. The number of carbonyl (C=O) groups is 1. The summed E-state index contributed by atoms with van der Waals surface area (Å²) in [6.07, 6.45) is 5.21. The summed E-state index contributed by atoms with van der Waals surface area (Å²) in [6, 6.07) is 15.5. The van der Waals surface area contributed by atoms with E-state index in [0.29, 0.717) is 37.6 Å². The molecular weight excluding hydrogens is 523 g/mol. The molecule has 2 N–H and O–H groups in total. The summed E-state index contributed by atoms with van der Waals surface area (Å²) in [6.45, 7) is 9.65. The van der Waals surface area contributed by atoms with Crippen LogP contribution in [0.25, 0.3) is 5.57 Å². The Morgan fingerprint density at radius 1 is 1.17 bits per heavy atom. The maximum Gasteiger partial charge on any atom is 0.347 e. The van der Waals surface area contributed by atoms with E-state index in [4.69, 9.17) is 9.47 Å². The molecule has 3 heterocycles. The van der Waals surface area contributed by atoms with Gasteiger partial charge in [0.05, 0.1) is 11.3 Å². The van der Waals surface area contributed by atoms with Crippen molar-refractivity contribution in [3.63, 3.8) is 0 Å². The van der Waals surface area contributed by atoms with Gasteiger partial charge in [-0.05, 0) is 74.2 Å². The van der Waals surface area contributed by atoms with Gasteiger partial charge in [-0.2, -0.15) is 0 Å². The van der Waals surface area contributed by atoms with Gasteiger partial charge >= 0.3 is 5.97 Å². The van der Waals surface area contributed by atoms with E-state index in [1.54, 1.807) is 24.4 Å². The Morgan fingerprint density at radius 3 is 2.63 bits per heavy atom. The summed E-state index contributed by atoms with van der Waals surface area (Å²) >= 11 is 0. The topological polar surface area (TPSA) is 92.1 Å². The SMILES string of the molecule is CC(C)(Oc1ccc2c(c1)/C(=C/CCN1CC[C@](O)(c3ccc(F)cc3)C(C)(C)C1)c1cccnc1CO2)C(=O)O. The molecule has 2 aliphatic heterocycles. The quantitative estimate of drug-likeness (QED) is 0.378. The molecule has 0 radical (unpaired) electrons. The molecule has 0 bridgehead atoms. The molecule has 0 aliphatic carbocycles. The lowest BCUT2D eigenvalue weighted by molar-refractivity contribution is -0.152. The zero-order valence-electron chi connectivity index (χ0n) is 24.0. The van der Waals surface area contributed by atoms with Gasteiger partial charge in [0.2, 0.25) is 0 Å². The number of carboxylic acids is 1. The lowest BCUT2D eigenvalue weighted by Crippen LogP contribution is -2.55. The molecule has 0 unspecified atom stereocenters. The lowest BCUT2D eigenvalue weighted by atomic mass is 9.66. The number of carboxylic acid groups (broad SMARTS) is 1. The first-order chi connectivity index (χ1) is 19.4. The molecule has 1 fully saturated rings. The molecule has 2 aromatic carbocycles. The number of piperidine rings is 1. The third-order valence-corrected chi connectivity index (χ3v) is 8.32. The monoisotopic (exact) mass is 560 g/mol. The summed E-state index contributed by atoms with van der Waals surface area (Å²) in [5.74, 6) is -0.244. The zero-order chi connectivity index (χ0) is 29.4. The van der Waals surface area contributed by atoms with Gasteiger partial charge < -0.3 is 24.6 Å². The zero-order valence-corrected chi connectivity index (χ0v) is 24.0. The number of halogens is 1. The minimum absolute atomic E-state index is 0.313. The molecule has 8 heteroatoms. The summed E-state index contributed by atoms with van der Waals surface area (Å²) in [4.78, 5) is 18.6. The van der Waals surface area contributed by atoms with E-state index >= 15 is 0 Å². The number of ether oxygens (including phenoxy) is 2. The van der Waals surface area contributed by atoms with E-state index in [-0.39, 0.29) is 5.82 Å². The van der Waals surface area contributed by atoms with Crippen LogP contribution in [0.5, 0.6) is 11.5 Å². The molecular formula is C33H37FN2O5. The van der Waals surface area contributed by atoms with Crippen LogP contribution >= 0.6 is 0 Å². The van der Waals surface area contributed by atoms with Gasteiger partial charge in [0.1, 0.15) is 23.9 Å². The maximum absolute atomic E-state index is 13.5. The molecule has 1 saturated heterocycles. The number of benzene rings is 2. The van der Waals surface area contributed by atoms with Gasteiger partial charge in [-0.1, -0.05) is 38.1 Å². The van der Waals surface area contributed by atoms with E-state index < -0.39 is 22.6 Å². The van der Waals surface area contributed by atoms with Crippen molar-refractivity contribution in [2.24, 2.45) is 5.41 Å². The number of pyridine rings is 1. The summed E-state index contributed by atoms with van der Waals surface area (Å²) in [7, 11) is 0. The fraction of sp³-hybridized carbons (Fsp3) is 0.394. The largest absolute Gasteiger partial charge is 0.487 e. The van der Waals surface area contributed by atoms with Crippen molar-refractivity contribution in [3.05, 3.63) is 95.1 Å². The Kier molecular flexibility index (Phi) is 7.66. The van der Waals surface area contributed by atoms with Crippen LogP contribution < -0.4 is 9.47 Å². The number of aromatic nitrogens is 1. The molecule has 1 aromatic heterocycles. The van der Waals surface area contributed by atoms with Gasteiger partial charge in [-0.25, -0.2) is 9.18 Å². The molecule has 7 nitrogen and oxygen atoms in total. The van der Waals surface area contributed by atoms with Crippen LogP contribution in [0.2, 0.25) is 0 Å². The number of rotatable bonds is 7. The van der Waals surface area contributed by atoms with Gasteiger partial charge in [-0.15, -0.1) is 0 Å². The normalized spacial score (nSPS) is 21.4. The predicted octanol–water partition coefficient (Wildman–Crippen LogP) is 5.80. The van der Waals surface area contributed by atoms with E-state index in [1.165, 1.54) is 26.0 Å². The van der Waals surface area contributed by atoms with Crippen molar-refractivity contribution in [2.75, 3.05) is 19.6 Å². The van der Waals surface area contributed by atoms with E-state index in [2.05, 4.69) is 29.8 Å². The molecule has 1 atom stereocenters. The highest BCUT2D eigenvalue weighted by molar-refractivity contribution is 5.85. The summed E-state index contributed by atoms with van der Waals surface area (Å²) in [5, 5.41) is 21.2. The van der Waals surface area contributed by atoms with E-state index in [1.807, 2.05) is 24.3 Å². The Hall–Kier alpha value is -3.75. The molecule has 0 amide bonds. The lowest BCUT2D eigenvalue weighted by Gasteiger charge is -2.50.